The van der Waals surface area contributed by atoms with Crippen molar-refractivity contribution >= 4 is 17.7 Å². The Morgan fingerprint density at radius 2 is 2.12 bits per heavy atom. The van der Waals surface area contributed by atoms with Gasteiger partial charge in [-0.2, -0.15) is 0 Å². The Morgan fingerprint density at radius 3 is 2.75 bits per heavy atom. The highest BCUT2D eigenvalue weighted by atomic mass is 32.2. The normalized spacial score (nSPS) is 11.0. The first-order valence-corrected chi connectivity index (χ1v) is 6.29. The van der Waals surface area contributed by atoms with Crippen molar-refractivity contribution in [2.75, 3.05) is 31.1 Å². The molecule has 1 aromatic heterocycles. The molecule has 1 aromatic rings. The van der Waals surface area contributed by atoms with E-state index in [0.29, 0.717) is 5.03 Å². The third kappa shape index (κ3) is 3.94. The number of nitrogens with zero attached hydrogens (tertiary/aromatic N) is 3. The average molecular weight is 244 g/mol. The summed E-state index contributed by atoms with van der Waals surface area (Å²) in [6, 6.07) is 0. The topological polar surface area (TPSA) is 55.0 Å². The number of hydrogen-bond acceptors (Lipinski definition) is 5. The number of hydrogen-bond donors (Lipinski definition) is 1. The fraction of sp³-hybridized carbons (Fsp3) is 0.600. The van der Waals surface area contributed by atoms with Crippen LogP contribution in [-0.2, 0) is 0 Å². The largest absolute Gasteiger partial charge is 0.368 e. The lowest BCUT2D eigenvalue weighted by Crippen LogP contribution is -2.25. The second-order valence-corrected chi connectivity index (χ2v) is 4.34. The minimum atomic E-state index is -0.404. The maximum atomic E-state index is 13.2. The summed E-state index contributed by atoms with van der Waals surface area (Å²) in [5.41, 5.74) is 5.40. The molecule has 0 aliphatic rings. The van der Waals surface area contributed by atoms with Crippen LogP contribution in [0.1, 0.15) is 13.8 Å². The van der Waals surface area contributed by atoms with Crippen molar-refractivity contribution in [1.82, 2.24) is 14.9 Å². The van der Waals surface area contributed by atoms with Gasteiger partial charge in [0, 0.05) is 12.3 Å². The fourth-order valence-corrected chi connectivity index (χ4v) is 2.17. The van der Waals surface area contributed by atoms with Crippen LogP contribution < -0.4 is 5.73 Å². The predicted octanol–water partition coefficient (Wildman–Crippen LogP) is 1.63. The molecule has 0 saturated carbocycles. The third-order valence-electron chi connectivity index (χ3n) is 2.27. The van der Waals surface area contributed by atoms with E-state index in [9.17, 15) is 4.39 Å². The Bertz CT molecular complexity index is 331. The second kappa shape index (κ2) is 6.65. The van der Waals surface area contributed by atoms with Gasteiger partial charge in [0.05, 0.1) is 6.20 Å². The first-order chi connectivity index (χ1) is 7.67. The molecule has 0 bridgehead atoms. The van der Waals surface area contributed by atoms with Crippen molar-refractivity contribution in [3.05, 3.63) is 12.0 Å². The van der Waals surface area contributed by atoms with Crippen molar-refractivity contribution in [3.8, 4) is 0 Å². The molecule has 0 aliphatic carbocycles. The van der Waals surface area contributed by atoms with Gasteiger partial charge in [-0.3, -0.25) is 0 Å². The van der Waals surface area contributed by atoms with E-state index < -0.39 is 5.82 Å². The molecular weight excluding hydrogens is 227 g/mol. The predicted molar refractivity (Wildman–Crippen MR) is 64.9 cm³/mol. The molecule has 0 unspecified atom stereocenters. The van der Waals surface area contributed by atoms with E-state index in [0.717, 1.165) is 31.6 Å². The van der Waals surface area contributed by atoms with E-state index in [-0.39, 0.29) is 5.95 Å². The number of aromatic nitrogens is 2. The lowest BCUT2D eigenvalue weighted by Gasteiger charge is -2.17. The summed E-state index contributed by atoms with van der Waals surface area (Å²) in [5.74, 6) is 0.514. The van der Waals surface area contributed by atoms with Crippen LogP contribution in [0.15, 0.2) is 11.2 Å². The van der Waals surface area contributed by atoms with E-state index in [1.807, 2.05) is 0 Å². The van der Waals surface area contributed by atoms with E-state index in [1.165, 1.54) is 11.8 Å². The quantitative estimate of drug-likeness (QED) is 0.609. The van der Waals surface area contributed by atoms with E-state index in [4.69, 9.17) is 5.73 Å². The van der Waals surface area contributed by atoms with E-state index >= 15 is 0 Å². The summed E-state index contributed by atoms with van der Waals surface area (Å²) in [5, 5.41) is 0.333. The number of anilines is 1. The minimum absolute atomic E-state index is 0.117. The molecule has 0 amide bonds. The monoisotopic (exact) mass is 244 g/mol. The van der Waals surface area contributed by atoms with Gasteiger partial charge in [-0.1, -0.05) is 13.8 Å². The zero-order valence-corrected chi connectivity index (χ0v) is 10.4. The van der Waals surface area contributed by atoms with Crippen molar-refractivity contribution in [1.29, 1.82) is 0 Å². The second-order valence-electron chi connectivity index (χ2n) is 3.26. The Kier molecular flexibility index (Phi) is 5.48. The third-order valence-corrected chi connectivity index (χ3v) is 3.22. The number of thioether (sulfide) groups is 1. The number of halogens is 1. The summed E-state index contributed by atoms with van der Waals surface area (Å²) < 4.78 is 13.2. The maximum absolute atomic E-state index is 13.2. The summed E-state index contributed by atoms with van der Waals surface area (Å²) in [4.78, 5) is 9.71. The van der Waals surface area contributed by atoms with Crippen LogP contribution in [0.3, 0.4) is 0 Å². The van der Waals surface area contributed by atoms with Gasteiger partial charge in [-0.05, 0) is 13.1 Å². The van der Waals surface area contributed by atoms with Crippen LogP contribution in [0.5, 0.6) is 0 Å². The Hall–Kier alpha value is -0.880. The summed E-state index contributed by atoms with van der Waals surface area (Å²) in [6.45, 7) is 7.15. The molecule has 0 aliphatic heterocycles. The van der Waals surface area contributed by atoms with Gasteiger partial charge in [0.1, 0.15) is 5.03 Å². The van der Waals surface area contributed by atoms with E-state index in [1.54, 1.807) is 0 Å². The van der Waals surface area contributed by atoms with Gasteiger partial charge in [0.25, 0.3) is 0 Å². The number of nitrogens with two attached hydrogens (primary N) is 1. The van der Waals surface area contributed by atoms with Gasteiger partial charge in [-0.25, -0.2) is 14.4 Å². The first kappa shape index (κ1) is 13.2. The molecule has 6 heteroatoms. The van der Waals surface area contributed by atoms with Gasteiger partial charge < -0.3 is 10.6 Å². The van der Waals surface area contributed by atoms with Crippen LogP contribution in [-0.4, -0.2) is 40.3 Å². The summed E-state index contributed by atoms with van der Waals surface area (Å²) >= 11 is 1.37. The van der Waals surface area contributed by atoms with Crippen LogP contribution in [0.25, 0.3) is 0 Å². The highest BCUT2D eigenvalue weighted by Crippen LogP contribution is 2.19. The molecule has 0 aromatic carbocycles. The molecular formula is C10H17FN4S. The van der Waals surface area contributed by atoms with Gasteiger partial charge in [0.15, 0.2) is 5.82 Å². The van der Waals surface area contributed by atoms with Crippen molar-refractivity contribution < 1.29 is 4.39 Å². The summed E-state index contributed by atoms with van der Waals surface area (Å²) in [7, 11) is 0. The zero-order chi connectivity index (χ0) is 12.0. The molecule has 1 heterocycles. The molecule has 0 radical (unpaired) electrons. The smallest absolute Gasteiger partial charge is 0.221 e. The lowest BCUT2D eigenvalue weighted by atomic mass is 10.5. The molecule has 0 spiro atoms. The Morgan fingerprint density at radius 1 is 1.44 bits per heavy atom. The highest BCUT2D eigenvalue weighted by molar-refractivity contribution is 7.99. The van der Waals surface area contributed by atoms with Crippen molar-refractivity contribution in [2.45, 2.75) is 18.9 Å². The van der Waals surface area contributed by atoms with Crippen molar-refractivity contribution in [3.63, 3.8) is 0 Å². The van der Waals surface area contributed by atoms with Gasteiger partial charge in [0.2, 0.25) is 5.95 Å². The molecule has 0 saturated heterocycles. The maximum Gasteiger partial charge on any atom is 0.221 e. The minimum Gasteiger partial charge on any atom is -0.368 e. The van der Waals surface area contributed by atoms with Crippen LogP contribution in [0, 0.1) is 5.82 Å². The highest BCUT2D eigenvalue weighted by Gasteiger charge is 2.07. The molecule has 4 nitrogen and oxygen atoms in total. The zero-order valence-electron chi connectivity index (χ0n) is 9.61. The van der Waals surface area contributed by atoms with Crippen LogP contribution in [0.2, 0.25) is 0 Å². The molecule has 90 valence electrons. The van der Waals surface area contributed by atoms with E-state index in [2.05, 4.69) is 28.7 Å². The molecule has 0 fully saturated rings. The van der Waals surface area contributed by atoms with Gasteiger partial charge >= 0.3 is 0 Å². The standard InChI is InChI=1S/C10H17FN4S/c1-3-15(4-2)5-6-16-9-8(11)7-13-10(12)14-9/h7H,3-6H2,1-2H3,(H2,12,13,14). The first-order valence-electron chi connectivity index (χ1n) is 5.30. The molecule has 0 atom stereocenters. The van der Waals surface area contributed by atoms with Crippen LogP contribution in [0.4, 0.5) is 10.3 Å². The molecule has 16 heavy (non-hydrogen) atoms. The van der Waals surface area contributed by atoms with Crippen LogP contribution >= 0.6 is 11.8 Å². The molecule has 1 rings (SSSR count). The number of nitrogen functional groups attached to an aromatic ring is 1. The average Bonchev–Trinajstić information content (AvgIpc) is 2.29. The Balaban J connectivity index is 2.45. The van der Waals surface area contributed by atoms with Gasteiger partial charge in [-0.15, -0.1) is 11.8 Å². The SMILES string of the molecule is CCN(CC)CCSc1nc(N)ncc1F. The number of rotatable bonds is 6. The van der Waals surface area contributed by atoms with Crippen molar-refractivity contribution in [2.24, 2.45) is 0 Å². The molecule has 2 N–H and O–H groups in total. The fourth-order valence-electron chi connectivity index (χ4n) is 1.28. The lowest BCUT2D eigenvalue weighted by molar-refractivity contribution is 0.324. The summed E-state index contributed by atoms with van der Waals surface area (Å²) in [6.07, 6.45) is 1.11. The Labute approximate surface area is 99.4 Å².